The summed E-state index contributed by atoms with van der Waals surface area (Å²) in [6.45, 7) is 1.98. The van der Waals surface area contributed by atoms with E-state index in [4.69, 9.17) is 5.26 Å². The number of hydrogen-bond acceptors (Lipinski definition) is 5. The summed E-state index contributed by atoms with van der Waals surface area (Å²) >= 11 is 0. The molecule has 0 N–H and O–H groups in total. The summed E-state index contributed by atoms with van der Waals surface area (Å²) < 4.78 is 26.6. The second-order valence-corrected chi connectivity index (χ2v) is 7.61. The summed E-state index contributed by atoms with van der Waals surface area (Å²) in [6, 6.07) is 14.7. The SMILES string of the molecule is N#Cc1ccnc(N2CCN(S(=O)(=O)Cc3ccccc3)CC2)c1. The molecule has 0 amide bonds. The molecule has 1 aromatic heterocycles. The van der Waals surface area contributed by atoms with Crippen molar-refractivity contribution in [3.8, 4) is 6.07 Å². The third-order valence-corrected chi connectivity index (χ3v) is 5.87. The maximum atomic E-state index is 12.5. The highest BCUT2D eigenvalue weighted by Gasteiger charge is 2.27. The fraction of sp³-hybridized carbons (Fsp3) is 0.294. The van der Waals surface area contributed by atoms with Crippen LogP contribution in [0.15, 0.2) is 48.7 Å². The molecule has 0 aliphatic carbocycles. The zero-order valence-electron chi connectivity index (χ0n) is 13.2. The van der Waals surface area contributed by atoms with Gasteiger partial charge in [-0.1, -0.05) is 30.3 Å². The lowest BCUT2D eigenvalue weighted by molar-refractivity contribution is 0.383. The number of rotatable bonds is 4. The van der Waals surface area contributed by atoms with Crippen LogP contribution in [-0.4, -0.2) is 43.9 Å². The Morgan fingerprint density at radius 2 is 1.79 bits per heavy atom. The monoisotopic (exact) mass is 342 g/mol. The van der Waals surface area contributed by atoms with Crippen LogP contribution < -0.4 is 4.90 Å². The number of nitrogens with zero attached hydrogens (tertiary/aromatic N) is 4. The predicted molar refractivity (Wildman–Crippen MR) is 91.8 cm³/mol. The molecule has 24 heavy (non-hydrogen) atoms. The summed E-state index contributed by atoms with van der Waals surface area (Å²) in [6.07, 6.45) is 1.60. The quantitative estimate of drug-likeness (QED) is 0.843. The van der Waals surface area contributed by atoms with Gasteiger partial charge in [-0.2, -0.15) is 9.57 Å². The van der Waals surface area contributed by atoms with Gasteiger partial charge in [-0.05, 0) is 17.7 Å². The normalized spacial score (nSPS) is 15.9. The zero-order chi connectivity index (χ0) is 17.0. The Morgan fingerprint density at radius 3 is 2.46 bits per heavy atom. The fourth-order valence-electron chi connectivity index (χ4n) is 2.73. The summed E-state index contributed by atoms with van der Waals surface area (Å²) in [4.78, 5) is 6.28. The highest BCUT2D eigenvalue weighted by atomic mass is 32.2. The van der Waals surface area contributed by atoms with Crippen LogP contribution in [0, 0.1) is 11.3 Å². The minimum atomic E-state index is -3.32. The molecule has 1 aliphatic heterocycles. The van der Waals surface area contributed by atoms with Crippen molar-refractivity contribution < 1.29 is 8.42 Å². The minimum Gasteiger partial charge on any atom is -0.354 e. The number of pyridine rings is 1. The minimum absolute atomic E-state index is 0.0238. The van der Waals surface area contributed by atoms with Gasteiger partial charge >= 0.3 is 0 Å². The lowest BCUT2D eigenvalue weighted by Gasteiger charge is -2.34. The number of hydrogen-bond donors (Lipinski definition) is 0. The van der Waals surface area contributed by atoms with E-state index in [1.165, 1.54) is 4.31 Å². The predicted octanol–water partition coefficient (Wildman–Crippen LogP) is 1.61. The Kier molecular flexibility index (Phi) is 4.79. The molecule has 2 heterocycles. The highest BCUT2D eigenvalue weighted by molar-refractivity contribution is 7.88. The molecule has 1 saturated heterocycles. The lowest BCUT2D eigenvalue weighted by Crippen LogP contribution is -2.49. The Balaban J connectivity index is 1.65. The van der Waals surface area contributed by atoms with E-state index in [0.29, 0.717) is 37.6 Å². The van der Waals surface area contributed by atoms with E-state index in [1.54, 1.807) is 18.3 Å². The van der Waals surface area contributed by atoms with Crippen molar-refractivity contribution in [1.29, 1.82) is 5.26 Å². The van der Waals surface area contributed by atoms with E-state index >= 15 is 0 Å². The standard InChI is InChI=1S/C17H18N4O2S/c18-13-16-6-7-19-17(12-16)20-8-10-21(11-9-20)24(22,23)14-15-4-2-1-3-5-15/h1-7,12H,8-11,14H2. The number of sulfonamides is 1. The third-order valence-electron chi connectivity index (χ3n) is 4.02. The molecule has 0 saturated carbocycles. The van der Waals surface area contributed by atoms with Gasteiger partial charge in [-0.25, -0.2) is 13.4 Å². The van der Waals surface area contributed by atoms with Gasteiger partial charge in [0.2, 0.25) is 10.0 Å². The molecule has 124 valence electrons. The van der Waals surface area contributed by atoms with Crippen LogP contribution in [0.1, 0.15) is 11.1 Å². The Morgan fingerprint density at radius 1 is 1.08 bits per heavy atom. The van der Waals surface area contributed by atoms with E-state index in [-0.39, 0.29) is 5.75 Å². The second kappa shape index (κ2) is 6.99. The van der Waals surface area contributed by atoms with Crippen LogP contribution in [0.3, 0.4) is 0 Å². The summed E-state index contributed by atoms with van der Waals surface area (Å²) in [7, 11) is -3.32. The van der Waals surface area contributed by atoms with Crippen LogP contribution >= 0.6 is 0 Å². The molecular weight excluding hydrogens is 324 g/mol. The van der Waals surface area contributed by atoms with Gasteiger partial charge in [0.1, 0.15) is 5.82 Å². The molecule has 1 aromatic carbocycles. The highest BCUT2D eigenvalue weighted by Crippen LogP contribution is 2.18. The molecule has 0 atom stereocenters. The number of nitriles is 1. The van der Waals surface area contributed by atoms with E-state index in [0.717, 1.165) is 5.56 Å². The molecule has 0 radical (unpaired) electrons. The molecule has 1 fully saturated rings. The van der Waals surface area contributed by atoms with Crippen LogP contribution in [0.25, 0.3) is 0 Å². The Hall–Kier alpha value is -2.43. The first kappa shape index (κ1) is 16.4. The number of piperazine rings is 1. The molecule has 3 rings (SSSR count). The zero-order valence-corrected chi connectivity index (χ0v) is 14.0. The van der Waals surface area contributed by atoms with Crippen LogP contribution in [0.5, 0.6) is 0 Å². The van der Waals surface area contributed by atoms with Crippen molar-refractivity contribution in [2.75, 3.05) is 31.1 Å². The van der Waals surface area contributed by atoms with E-state index in [9.17, 15) is 8.42 Å². The average Bonchev–Trinajstić information content (AvgIpc) is 2.62. The van der Waals surface area contributed by atoms with Crippen molar-refractivity contribution in [1.82, 2.24) is 9.29 Å². The largest absolute Gasteiger partial charge is 0.354 e. The fourth-order valence-corrected chi connectivity index (χ4v) is 4.25. The summed E-state index contributed by atoms with van der Waals surface area (Å²) in [5.74, 6) is 0.741. The van der Waals surface area contributed by atoms with Crippen LogP contribution in [0.4, 0.5) is 5.82 Å². The van der Waals surface area contributed by atoms with E-state index < -0.39 is 10.0 Å². The van der Waals surface area contributed by atoms with E-state index in [1.807, 2.05) is 35.2 Å². The van der Waals surface area contributed by atoms with Gasteiger partial charge in [0, 0.05) is 32.4 Å². The molecule has 7 heteroatoms. The Bertz CT molecular complexity index is 838. The number of aromatic nitrogens is 1. The van der Waals surface area contributed by atoms with E-state index in [2.05, 4.69) is 11.1 Å². The Labute approximate surface area is 142 Å². The molecule has 0 spiro atoms. The van der Waals surface area contributed by atoms with Gasteiger partial charge in [0.15, 0.2) is 0 Å². The first-order chi connectivity index (χ1) is 11.6. The van der Waals surface area contributed by atoms with Gasteiger partial charge < -0.3 is 4.90 Å². The first-order valence-corrected chi connectivity index (χ1v) is 9.32. The molecular formula is C17H18N4O2S. The number of benzene rings is 1. The van der Waals surface area contributed by atoms with Crippen molar-refractivity contribution in [3.05, 3.63) is 59.8 Å². The molecule has 2 aromatic rings. The molecule has 0 bridgehead atoms. The maximum absolute atomic E-state index is 12.5. The van der Waals surface area contributed by atoms with Crippen molar-refractivity contribution in [2.24, 2.45) is 0 Å². The van der Waals surface area contributed by atoms with Gasteiger partial charge in [0.25, 0.3) is 0 Å². The van der Waals surface area contributed by atoms with Crippen molar-refractivity contribution in [2.45, 2.75) is 5.75 Å². The molecule has 0 unspecified atom stereocenters. The average molecular weight is 342 g/mol. The second-order valence-electron chi connectivity index (χ2n) is 5.64. The molecule has 6 nitrogen and oxygen atoms in total. The smallest absolute Gasteiger partial charge is 0.218 e. The summed E-state index contributed by atoms with van der Waals surface area (Å²) in [5, 5.41) is 8.97. The van der Waals surface area contributed by atoms with Gasteiger partial charge in [-0.15, -0.1) is 0 Å². The van der Waals surface area contributed by atoms with Crippen LogP contribution in [-0.2, 0) is 15.8 Å². The van der Waals surface area contributed by atoms with Crippen molar-refractivity contribution in [3.63, 3.8) is 0 Å². The van der Waals surface area contributed by atoms with Crippen LogP contribution in [0.2, 0.25) is 0 Å². The van der Waals surface area contributed by atoms with Crippen molar-refractivity contribution >= 4 is 15.8 Å². The van der Waals surface area contributed by atoms with Gasteiger partial charge in [-0.3, -0.25) is 0 Å². The van der Waals surface area contributed by atoms with Gasteiger partial charge in [0.05, 0.1) is 17.4 Å². The number of anilines is 1. The first-order valence-electron chi connectivity index (χ1n) is 7.71. The topological polar surface area (TPSA) is 77.3 Å². The summed E-state index contributed by atoms with van der Waals surface area (Å²) in [5.41, 5.74) is 1.35. The molecule has 1 aliphatic rings. The third kappa shape index (κ3) is 3.72. The lowest BCUT2D eigenvalue weighted by atomic mass is 10.2. The maximum Gasteiger partial charge on any atom is 0.218 e.